The summed E-state index contributed by atoms with van der Waals surface area (Å²) in [6.07, 6.45) is 0.718. The van der Waals surface area contributed by atoms with Gasteiger partial charge in [0.2, 0.25) is 0 Å². The van der Waals surface area contributed by atoms with Crippen molar-refractivity contribution in [1.82, 2.24) is 0 Å². The molecule has 0 bridgehead atoms. The van der Waals surface area contributed by atoms with E-state index in [1.807, 2.05) is 13.8 Å². The fraction of sp³-hybridized carbons (Fsp3) is 0.125. The minimum Gasteiger partial charge on any atom is -0.298 e. The Bertz CT molecular complexity index is 643. The van der Waals surface area contributed by atoms with Gasteiger partial charge in [0.1, 0.15) is 0 Å². The molecular weight excluding hydrogens is 260 g/mol. The number of rotatable bonds is 3. The van der Waals surface area contributed by atoms with Crippen LogP contribution in [0.15, 0.2) is 36.4 Å². The minimum absolute atomic E-state index is 0.165. The van der Waals surface area contributed by atoms with Gasteiger partial charge >= 0.3 is 0 Å². The number of hydrogen-bond acceptors (Lipinski definition) is 2. The van der Waals surface area contributed by atoms with E-state index in [0.29, 0.717) is 21.7 Å². The van der Waals surface area contributed by atoms with Crippen LogP contribution in [0.5, 0.6) is 0 Å². The van der Waals surface area contributed by atoms with Gasteiger partial charge < -0.3 is 0 Å². The Morgan fingerprint density at radius 2 is 1.63 bits per heavy atom. The summed E-state index contributed by atoms with van der Waals surface area (Å²) in [5, 5.41) is 0.576. The van der Waals surface area contributed by atoms with Gasteiger partial charge in [-0.25, -0.2) is 0 Å². The maximum absolute atomic E-state index is 12.4. The molecule has 0 radical (unpaired) electrons. The number of hydrogen-bond donors (Lipinski definition) is 0. The lowest BCUT2D eigenvalue weighted by molar-refractivity contribution is 0.102. The highest BCUT2D eigenvalue weighted by Gasteiger charge is 2.14. The van der Waals surface area contributed by atoms with Gasteiger partial charge in [0.25, 0.3) is 0 Å². The van der Waals surface area contributed by atoms with Gasteiger partial charge in [-0.15, -0.1) is 0 Å². The predicted molar refractivity (Wildman–Crippen MR) is 76.2 cm³/mol. The number of benzene rings is 2. The second-order valence-electron chi connectivity index (χ2n) is 4.48. The molecule has 96 valence electrons. The highest BCUT2D eigenvalue weighted by molar-refractivity contribution is 6.30. The first-order valence-electron chi connectivity index (χ1n) is 5.89. The molecule has 0 unspecified atom stereocenters. The van der Waals surface area contributed by atoms with Crippen molar-refractivity contribution < 1.29 is 9.59 Å². The average molecular weight is 273 g/mol. The molecule has 0 fully saturated rings. The third-order valence-electron chi connectivity index (χ3n) is 3.14. The van der Waals surface area contributed by atoms with Gasteiger partial charge in [-0.2, -0.15) is 0 Å². The summed E-state index contributed by atoms with van der Waals surface area (Å²) < 4.78 is 0. The van der Waals surface area contributed by atoms with E-state index in [1.165, 1.54) is 0 Å². The molecule has 0 spiro atoms. The highest BCUT2D eigenvalue weighted by atomic mass is 35.5. The van der Waals surface area contributed by atoms with E-state index in [2.05, 4.69) is 0 Å². The van der Waals surface area contributed by atoms with Crippen LogP contribution in [-0.2, 0) is 0 Å². The molecule has 0 aliphatic heterocycles. The number of aryl methyl sites for hydroxylation is 2. The third kappa shape index (κ3) is 2.74. The quantitative estimate of drug-likeness (QED) is 0.625. The summed E-state index contributed by atoms with van der Waals surface area (Å²) in [5.74, 6) is -0.165. The van der Waals surface area contributed by atoms with E-state index in [-0.39, 0.29) is 5.78 Å². The molecule has 0 saturated carbocycles. The third-order valence-corrected chi connectivity index (χ3v) is 3.40. The summed E-state index contributed by atoms with van der Waals surface area (Å²) >= 11 is 5.80. The Kier molecular flexibility index (Phi) is 3.82. The maximum Gasteiger partial charge on any atom is 0.193 e. The van der Waals surface area contributed by atoms with E-state index >= 15 is 0 Å². The predicted octanol–water partition coefficient (Wildman–Crippen LogP) is 4.00. The van der Waals surface area contributed by atoms with E-state index in [4.69, 9.17) is 11.6 Å². The Labute approximate surface area is 117 Å². The molecule has 0 aromatic heterocycles. The zero-order valence-electron chi connectivity index (χ0n) is 10.7. The largest absolute Gasteiger partial charge is 0.298 e. The fourth-order valence-electron chi connectivity index (χ4n) is 1.89. The molecule has 0 atom stereocenters. The van der Waals surface area contributed by atoms with Crippen molar-refractivity contribution in [3.63, 3.8) is 0 Å². The molecule has 0 N–H and O–H groups in total. The molecule has 0 aliphatic rings. The van der Waals surface area contributed by atoms with E-state index in [1.54, 1.807) is 36.4 Å². The topological polar surface area (TPSA) is 34.1 Å². The average Bonchev–Trinajstić information content (AvgIpc) is 2.41. The van der Waals surface area contributed by atoms with Crippen molar-refractivity contribution in [2.75, 3.05) is 0 Å². The molecule has 2 aromatic rings. The number of carbonyl (C=O) groups excluding carboxylic acids is 2. The summed E-state index contributed by atoms with van der Waals surface area (Å²) in [7, 11) is 0. The van der Waals surface area contributed by atoms with Gasteiger partial charge in [0.05, 0.1) is 0 Å². The van der Waals surface area contributed by atoms with Crippen LogP contribution in [0.3, 0.4) is 0 Å². The molecule has 0 saturated heterocycles. The summed E-state index contributed by atoms with van der Waals surface area (Å²) in [6.45, 7) is 3.83. The van der Waals surface area contributed by atoms with Crippen LogP contribution in [0.4, 0.5) is 0 Å². The summed E-state index contributed by atoms with van der Waals surface area (Å²) in [5.41, 5.74) is 3.36. The van der Waals surface area contributed by atoms with Crippen LogP contribution in [0, 0.1) is 13.8 Å². The minimum atomic E-state index is -0.165. The number of halogens is 1. The lowest BCUT2D eigenvalue weighted by atomic mass is 9.94. The van der Waals surface area contributed by atoms with Crippen molar-refractivity contribution in [3.05, 3.63) is 69.2 Å². The Morgan fingerprint density at radius 1 is 1.05 bits per heavy atom. The molecular formula is C16H13ClO2. The van der Waals surface area contributed by atoms with E-state index < -0.39 is 0 Å². The lowest BCUT2D eigenvalue weighted by Crippen LogP contribution is -2.06. The van der Waals surface area contributed by atoms with Crippen LogP contribution < -0.4 is 0 Å². The van der Waals surface area contributed by atoms with Crippen molar-refractivity contribution in [2.45, 2.75) is 13.8 Å². The highest BCUT2D eigenvalue weighted by Crippen LogP contribution is 2.19. The van der Waals surface area contributed by atoms with Crippen LogP contribution in [-0.4, -0.2) is 12.1 Å². The smallest absolute Gasteiger partial charge is 0.193 e. The Balaban J connectivity index is 2.52. The number of carbonyl (C=O) groups is 2. The van der Waals surface area contributed by atoms with Gasteiger partial charge in [-0.1, -0.05) is 11.6 Å². The van der Waals surface area contributed by atoms with Gasteiger partial charge in [0.15, 0.2) is 12.1 Å². The van der Waals surface area contributed by atoms with Crippen LogP contribution in [0.2, 0.25) is 5.02 Å². The Hall–Kier alpha value is -1.93. The molecule has 2 aromatic carbocycles. The van der Waals surface area contributed by atoms with E-state index in [9.17, 15) is 9.59 Å². The second-order valence-corrected chi connectivity index (χ2v) is 4.91. The van der Waals surface area contributed by atoms with Crippen molar-refractivity contribution in [1.29, 1.82) is 0 Å². The van der Waals surface area contributed by atoms with Crippen LogP contribution in [0.1, 0.15) is 37.4 Å². The lowest BCUT2D eigenvalue weighted by Gasteiger charge is -2.08. The van der Waals surface area contributed by atoms with Crippen molar-refractivity contribution >= 4 is 23.7 Å². The molecule has 2 rings (SSSR count). The van der Waals surface area contributed by atoms with Crippen LogP contribution in [0.25, 0.3) is 0 Å². The van der Waals surface area contributed by atoms with Gasteiger partial charge in [-0.3, -0.25) is 9.59 Å². The maximum atomic E-state index is 12.4. The molecule has 3 heteroatoms. The van der Waals surface area contributed by atoms with Crippen molar-refractivity contribution in [3.8, 4) is 0 Å². The number of ketones is 1. The Morgan fingerprint density at radius 3 is 2.21 bits per heavy atom. The molecule has 0 aliphatic carbocycles. The first-order valence-corrected chi connectivity index (χ1v) is 6.27. The molecule has 0 heterocycles. The zero-order chi connectivity index (χ0) is 14.0. The summed E-state index contributed by atoms with van der Waals surface area (Å²) in [4.78, 5) is 23.5. The van der Waals surface area contributed by atoms with Crippen LogP contribution >= 0.6 is 11.6 Å². The first-order chi connectivity index (χ1) is 9.02. The van der Waals surface area contributed by atoms with Gasteiger partial charge in [0, 0.05) is 21.7 Å². The summed E-state index contributed by atoms with van der Waals surface area (Å²) in [6, 6.07) is 10.2. The van der Waals surface area contributed by atoms with E-state index in [0.717, 1.165) is 17.4 Å². The molecule has 0 amide bonds. The fourth-order valence-corrected chi connectivity index (χ4v) is 2.02. The van der Waals surface area contributed by atoms with Crippen molar-refractivity contribution in [2.24, 2.45) is 0 Å². The monoisotopic (exact) mass is 272 g/mol. The SMILES string of the molecule is Cc1cc(C=O)c(C(=O)c2ccc(Cl)cc2)cc1C. The van der Waals surface area contributed by atoms with Gasteiger partial charge in [-0.05, 0) is 61.4 Å². The zero-order valence-corrected chi connectivity index (χ0v) is 11.5. The second kappa shape index (κ2) is 5.37. The standard InChI is InChI=1S/C16H13ClO2/c1-10-7-13(9-18)15(8-11(10)2)16(19)12-3-5-14(17)6-4-12/h3-9H,1-2H3. The first kappa shape index (κ1) is 13.5. The molecule has 19 heavy (non-hydrogen) atoms. The molecule has 2 nitrogen and oxygen atoms in total. The normalized spacial score (nSPS) is 10.3. The number of aldehydes is 1.